The summed E-state index contributed by atoms with van der Waals surface area (Å²) in [7, 11) is 0. The number of rotatable bonds is 5. The van der Waals surface area contributed by atoms with Crippen LogP contribution in [0.3, 0.4) is 0 Å². The third-order valence-corrected chi connectivity index (χ3v) is 6.07. The van der Waals surface area contributed by atoms with E-state index in [0.29, 0.717) is 11.7 Å². The lowest BCUT2D eigenvalue weighted by atomic mass is 10.2. The molecule has 1 saturated heterocycles. The van der Waals surface area contributed by atoms with Crippen LogP contribution in [0.15, 0.2) is 89.9 Å². The van der Waals surface area contributed by atoms with Crippen molar-refractivity contribution in [3.63, 3.8) is 0 Å². The number of nitrogens with one attached hydrogen (secondary N) is 1. The number of aryl methyl sites for hydroxylation is 1. The van der Waals surface area contributed by atoms with Gasteiger partial charge in [-0.05, 0) is 42.3 Å². The van der Waals surface area contributed by atoms with Gasteiger partial charge in [0.05, 0.1) is 12.2 Å². The van der Waals surface area contributed by atoms with Crippen molar-refractivity contribution < 1.29 is 9.59 Å². The van der Waals surface area contributed by atoms with E-state index >= 15 is 0 Å². The predicted octanol–water partition coefficient (Wildman–Crippen LogP) is 5.16. The third-order valence-electron chi connectivity index (χ3n) is 4.88. The van der Waals surface area contributed by atoms with E-state index in [-0.39, 0.29) is 18.2 Å². The van der Waals surface area contributed by atoms with Gasteiger partial charge in [-0.15, -0.1) is 0 Å². The zero-order valence-electron chi connectivity index (χ0n) is 17.2. The molecule has 3 aromatic carbocycles. The van der Waals surface area contributed by atoms with Gasteiger partial charge in [-0.1, -0.05) is 72.4 Å². The van der Waals surface area contributed by atoms with Gasteiger partial charge < -0.3 is 5.32 Å². The first-order chi connectivity index (χ1) is 15.1. The maximum Gasteiger partial charge on any atom is 0.238 e. The number of nitrogens with zero attached hydrogens (tertiary/aromatic N) is 2. The number of amidine groups is 1. The number of hydrogen-bond acceptors (Lipinski definition) is 4. The monoisotopic (exact) mass is 429 g/mol. The highest BCUT2D eigenvalue weighted by atomic mass is 32.2. The van der Waals surface area contributed by atoms with E-state index in [2.05, 4.69) is 5.32 Å². The third kappa shape index (κ3) is 5.41. The van der Waals surface area contributed by atoms with Crippen LogP contribution < -0.4 is 5.32 Å². The van der Waals surface area contributed by atoms with Crippen LogP contribution in [0, 0.1) is 6.92 Å². The second-order valence-corrected chi connectivity index (χ2v) is 8.53. The van der Waals surface area contributed by atoms with Gasteiger partial charge in [0.15, 0.2) is 5.17 Å². The molecule has 2 amide bonds. The molecule has 0 bridgehead atoms. The maximum absolute atomic E-state index is 13.1. The van der Waals surface area contributed by atoms with Gasteiger partial charge in [0.25, 0.3) is 0 Å². The van der Waals surface area contributed by atoms with Crippen LogP contribution in [0.5, 0.6) is 0 Å². The van der Waals surface area contributed by atoms with E-state index in [0.717, 1.165) is 22.5 Å². The normalized spacial score (nSPS) is 17.6. The Morgan fingerprint density at radius 3 is 2.45 bits per heavy atom. The molecule has 31 heavy (non-hydrogen) atoms. The van der Waals surface area contributed by atoms with E-state index in [9.17, 15) is 9.59 Å². The molecule has 0 aliphatic carbocycles. The maximum atomic E-state index is 13.1. The summed E-state index contributed by atoms with van der Waals surface area (Å²) in [6.45, 7) is 2.39. The van der Waals surface area contributed by atoms with Crippen molar-refractivity contribution in [2.24, 2.45) is 4.99 Å². The number of anilines is 1. The lowest BCUT2D eigenvalue weighted by molar-refractivity contribution is -0.129. The van der Waals surface area contributed by atoms with Gasteiger partial charge in [0.1, 0.15) is 5.25 Å². The van der Waals surface area contributed by atoms with E-state index in [1.807, 2.05) is 91.9 Å². The first-order valence-electron chi connectivity index (χ1n) is 10.1. The quantitative estimate of drug-likeness (QED) is 0.610. The Hall–Kier alpha value is -3.38. The van der Waals surface area contributed by atoms with Crippen LogP contribution in [0.4, 0.5) is 11.4 Å². The molecule has 1 heterocycles. The molecule has 1 aliphatic heterocycles. The highest BCUT2D eigenvalue weighted by Crippen LogP contribution is 2.31. The minimum atomic E-state index is -0.539. The second-order valence-electron chi connectivity index (χ2n) is 7.36. The van der Waals surface area contributed by atoms with Crippen molar-refractivity contribution in [2.75, 3.05) is 5.32 Å². The van der Waals surface area contributed by atoms with Crippen LogP contribution >= 0.6 is 11.8 Å². The molecule has 1 unspecified atom stereocenters. The summed E-state index contributed by atoms with van der Waals surface area (Å²) < 4.78 is 0. The smallest absolute Gasteiger partial charge is 0.238 e. The SMILES string of the molecule is Cc1cccc(NC(=O)C2CC(=O)N(Cc3ccccc3)C(=Nc3ccccc3)S2)c1. The minimum absolute atomic E-state index is 0.110. The van der Waals surface area contributed by atoms with E-state index < -0.39 is 5.25 Å². The summed E-state index contributed by atoms with van der Waals surface area (Å²) in [4.78, 5) is 32.4. The summed E-state index contributed by atoms with van der Waals surface area (Å²) in [6.07, 6.45) is 0.128. The summed E-state index contributed by atoms with van der Waals surface area (Å²) >= 11 is 1.33. The lowest BCUT2D eigenvalue weighted by Crippen LogP contribution is -2.44. The summed E-state index contributed by atoms with van der Waals surface area (Å²) in [5.74, 6) is -0.300. The molecule has 0 aromatic heterocycles. The number of hydrogen-bond donors (Lipinski definition) is 1. The van der Waals surface area contributed by atoms with Crippen LogP contribution in [-0.2, 0) is 16.1 Å². The molecule has 0 radical (unpaired) electrons. The second kappa shape index (κ2) is 9.62. The Labute approximate surface area is 186 Å². The Morgan fingerprint density at radius 2 is 1.74 bits per heavy atom. The average molecular weight is 430 g/mol. The molecule has 3 aromatic rings. The Bertz CT molecular complexity index is 1100. The molecular formula is C25H23N3O2S. The number of para-hydroxylation sites is 1. The topological polar surface area (TPSA) is 61.8 Å². The van der Waals surface area contributed by atoms with Crippen molar-refractivity contribution in [3.05, 3.63) is 96.1 Å². The van der Waals surface area contributed by atoms with Crippen LogP contribution in [0.1, 0.15) is 17.5 Å². The van der Waals surface area contributed by atoms with Crippen molar-refractivity contribution in [3.8, 4) is 0 Å². The van der Waals surface area contributed by atoms with Crippen molar-refractivity contribution >= 4 is 40.1 Å². The molecule has 6 heteroatoms. The molecule has 1 aliphatic rings. The fraction of sp³-hybridized carbons (Fsp3) is 0.160. The lowest BCUT2D eigenvalue weighted by Gasteiger charge is -2.32. The van der Waals surface area contributed by atoms with Crippen LogP contribution in [-0.4, -0.2) is 27.1 Å². The van der Waals surface area contributed by atoms with Crippen LogP contribution in [0.2, 0.25) is 0 Å². The fourth-order valence-corrected chi connectivity index (χ4v) is 4.42. The van der Waals surface area contributed by atoms with Gasteiger partial charge in [-0.2, -0.15) is 0 Å². The Balaban J connectivity index is 1.58. The van der Waals surface area contributed by atoms with Gasteiger partial charge in [-0.25, -0.2) is 4.99 Å². The molecule has 1 N–H and O–H groups in total. The molecule has 0 saturated carbocycles. The molecule has 4 rings (SSSR count). The first-order valence-corrected chi connectivity index (χ1v) is 11.0. The number of amides is 2. The van der Waals surface area contributed by atoms with Gasteiger partial charge in [0.2, 0.25) is 11.8 Å². The fourth-order valence-electron chi connectivity index (χ4n) is 3.32. The Morgan fingerprint density at radius 1 is 1.03 bits per heavy atom. The molecule has 1 atom stereocenters. The van der Waals surface area contributed by atoms with Gasteiger partial charge >= 0.3 is 0 Å². The highest BCUT2D eigenvalue weighted by Gasteiger charge is 2.36. The largest absolute Gasteiger partial charge is 0.325 e. The van der Waals surface area contributed by atoms with Crippen LogP contribution in [0.25, 0.3) is 0 Å². The number of carbonyl (C=O) groups is 2. The molecule has 156 valence electrons. The number of benzene rings is 3. The number of thioether (sulfide) groups is 1. The summed E-state index contributed by atoms with van der Waals surface area (Å²) in [5.41, 5.74) is 3.55. The summed E-state index contributed by atoms with van der Waals surface area (Å²) in [6, 6.07) is 26.9. The van der Waals surface area contributed by atoms with Crippen molar-refractivity contribution in [1.29, 1.82) is 0 Å². The summed E-state index contributed by atoms with van der Waals surface area (Å²) in [5, 5.41) is 2.93. The predicted molar refractivity (Wildman–Crippen MR) is 126 cm³/mol. The molecule has 0 spiro atoms. The first kappa shape index (κ1) is 20.9. The van der Waals surface area contributed by atoms with Crippen molar-refractivity contribution in [1.82, 2.24) is 4.90 Å². The number of carbonyl (C=O) groups excluding carboxylic acids is 2. The van der Waals surface area contributed by atoms with Gasteiger partial charge in [0, 0.05) is 12.1 Å². The Kier molecular flexibility index (Phi) is 6.48. The van der Waals surface area contributed by atoms with Gasteiger partial charge in [-0.3, -0.25) is 14.5 Å². The van der Waals surface area contributed by atoms with E-state index in [1.54, 1.807) is 4.90 Å². The zero-order chi connectivity index (χ0) is 21.6. The van der Waals surface area contributed by atoms with E-state index in [1.165, 1.54) is 11.8 Å². The van der Waals surface area contributed by atoms with Crippen molar-refractivity contribution in [2.45, 2.75) is 25.1 Å². The highest BCUT2D eigenvalue weighted by molar-refractivity contribution is 8.15. The standard InChI is InChI=1S/C25H23N3O2S/c1-18-9-8-14-21(15-18)26-24(30)22-16-23(29)28(17-19-10-4-2-5-11-19)25(31-22)27-20-12-6-3-7-13-20/h2-15,22H,16-17H2,1H3,(H,26,30). The molecule has 1 fully saturated rings. The zero-order valence-corrected chi connectivity index (χ0v) is 18.0. The van der Waals surface area contributed by atoms with E-state index in [4.69, 9.17) is 4.99 Å². The minimum Gasteiger partial charge on any atom is -0.325 e. The average Bonchev–Trinajstić information content (AvgIpc) is 2.77. The molecular weight excluding hydrogens is 406 g/mol. The number of aliphatic imine (C=N–C) groups is 1. The molecule has 5 nitrogen and oxygen atoms in total.